The fourth-order valence-electron chi connectivity index (χ4n) is 2.03. The number of rotatable bonds is 4. The molecule has 3 aromatic rings. The first-order chi connectivity index (χ1) is 10.6. The minimum atomic E-state index is -0.574. The quantitative estimate of drug-likeness (QED) is 0.763. The highest BCUT2D eigenvalue weighted by atomic mass is 32.1. The molecule has 0 aromatic carbocycles. The summed E-state index contributed by atoms with van der Waals surface area (Å²) in [7, 11) is 0. The van der Waals surface area contributed by atoms with Crippen LogP contribution in [0.3, 0.4) is 0 Å². The van der Waals surface area contributed by atoms with E-state index in [1.165, 1.54) is 22.7 Å². The lowest BCUT2D eigenvalue weighted by atomic mass is 10.1. The zero-order valence-corrected chi connectivity index (χ0v) is 13.2. The van der Waals surface area contributed by atoms with Crippen molar-refractivity contribution in [3.05, 3.63) is 52.1 Å². The summed E-state index contributed by atoms with van der Waals surface area (Å²) in [5, 5.41) is 6.85. The third kappa shape index (κ3) is 2.68. The van der Waals surface area contributed by atoms with Gasteiger partial charge in [0.05, 0.1) is 5.56 Å². The molecule has 0 unspecified atom stereocenters. The average Bonchev–Trinajstić information content (AvgIpc) is 3.16. The van der Waals surface area contributed by atoms with Crippen molar-refractivity contribution >= 4 is 39.5 Å². The first-order valence-corrected chi connectivity index (χ1v) is 8.15. The first kappa shape index (κ1) is 14.6. The van der Waals surface area contributed by atoms with Crippen LogP contribution in [-0.2, 0) is 0 Å². The van der Waals surface area contributed by atoms with E-state index in [2.05, 4.69) is 5.32 Å². The molecule has 3 aromatic heterocycles. The Balaban J connectivity index is 1.94. The number of amides is 2. The van der Waals surface area contributed by atoms with Gasteiger partial charge in [0.25, 0.3) is 11.8 Å². The number of hydrogen-bond acceptors (Lipinski definition) is 5. The third-order valence-electron chi connectivity index (χ3n) is 3.02. The Morgan fingerprint density at radius 1 is 1.23 bits per heavy atom. The first-order valence-electron chi connectivity index (χ1n) is 6.39. The van der Waals surface area contributed by atoms with E-state index in [1.54, 1.807) is 19.1 Å². The van der Waals surface area contributed by atoms with E-state index in [0.29, 0.717) is 16.3 Å². The molecule has 0 saturated carbocycles. The van der Waals surface area contributed by atoms with E-state index >= 15 is 0 Å². The zero-order chi connectivity index (χ0) is 15.7. The number of carbonyl (C=O) groups excluding carboxylic acids is 2. The molecule has 3 rings (SSSR count). The molecule has 0 radical (unpaired) electrons. The summed E-state index contributed by atoms with van der Waals surface area (Å²) in [6, 6.07) is 7.09. The summed E-state index contributed by atoms with van der Waals surface area (Å²) in [4.78, 5) is 24.9. The number of primary amides is 1. The molecule has 0 aliphatic carbocycles. The molecule has 3 N–H and O–H groups in total. The van der Waals surface area contributed by atoms with Gasteiger partial charge in [-0.25, -0.2) is 0 Å². The monoisotopic (exact) mass is 332 g/mol. The lowest BCUT2D eigenvalue weighted by Crippen LogP contribution is -2.16. The maximum Gasteiger partial charge on any atom is 0.291 e. The number of nitrogens with two attached hydrogens (primary N) is 1. The molecule has 5 nitrogen and oxygen atoms in total. The Labute approximate surface area is 134 Å². The lowest BCUT2D eigenvalue weighted by Gasteiger charge is -2.04. The predicted octanol–water partition coefficient (Wildman–Crippen LogP) is 3.73. The Kier molecular flexibility index (Phi) is 3.82. The van der Waals surface area contributed by atoms with Gasteiger partial charge in [0.1, 0.15) is 10.8 Å². The minimum Gasteiger partial charge on any atom is -0.456 e. The van der Waals surface area contributed by atoms with E-state index in [4.69, 9.17) is 10.2 Å². The second-order valence-corrected chi connectivity index (χ2v) is 6.39. The van der Waals surface area contributed by atoms with Crippen molar-refractivity contribution in [2.75, 3.05) is 5.32 Å². The number of furan rings is 1. The molecule has 7 heteroatoms. The topological polar surface area (TPSA) is 85.3 Å². The molecule has 0 spiro atoms. The SMILES string of the molecule is Cc1ccc(C(=O)Nc2scc(-c3cccs3)c2C(N)=O)o1. The highest BCUT2D eigenvalue weighted by molar-refractivity contribution is 7.17. The molecule has 0 fully saturated rings. The van der Waals surface area contributed by atoms with Crippen molar-refractivity contribution in [3.8, 4) is 10.4 Å². The molecule has 0 bridgehead atoms. The minimum absolute atomic E-state index is 0.194. The fraction of sp³-hybridized carbons (Fsp3) is 0.0667. The molecule has 2 amide bonds. The van der Waals surface area contributed by atoms with Crippen LogP contribution in [0, 0.1) is 6.92 Å². The van der Waals surface area contributed by atoms with Crippen LogP contribution in [0.5, 0.6) is 0 Å². The van der Waals surface area contributed by atoms with Gasteiger partial charge in [-0.15, -0.1) is 22.7 Å². The van der Waals surface area contributed by atoms with Crippen LogP contribution in [0.15, 0.2) is 39.4 Å². The zero-order valence-electron chi connectivity index (χ0n) is 11.6. The van der Waals surface area contributed by atoms with E-state index < -0.39 is 11.8 Å². The highest BCUT2D eigenvalue weighted by Crippen LogP contribution is 2.37. The predicted molar refractivity (Wildman–Crippen MR) is 87.5 cm³/mol. The van der Waals surface area contributed by atoms with E-state index in [9.17, 15) is 9.59 Å². The molecule has 0 aliphatic rings. The van der Waals surface area contributed by atoms with Gasteiger partial charge in [0.2, 0.25) is 0 Å². The second-order valence-electron chi connectivity index (χ2n) is 4.56. The van der Waals surface area contributed by atoms with Gasteiger partial charge < -0.3 is 15.5 Å². The molecule has 0 atom stereocenters. The van der Waals surface area contributed by atoms with E-state index in [-0.39, 0.29) is 5.76 Å². The van der Waals surface area contributed by atoms with Gasteiger partial charge in [-0.05, 0) is 30.5 Å². The third-order valence-corrected chi connectivity index (χ3v) is 4.81. The van der Waals surface area contributed by atoms with Crippen molar-refractivity contribution < 1.29 is 14.0 Å². The fourth-order valence-corrected chi connectivity index (χ4v) is 3.81. The number of anilines is 1. The van der Waals surface area contributed by atoms with Crippen LogP contribution < -0.4 is 11.1 Å². The normalized spacial score (nSPS) is 10.6. The number of carbonyl (C=O) groups is 2. The summed E-state index contributed by atoms with van der Waals surface area (Å²) < 4.78 is 5.28. The van der Waals surface area contributed by atoms with Crippen molar-refractivity contribution in [3.63, 3.8) is 0 Å². The van der Waals surface area contributed by atoms with E-state index in [1.807, 2.05) is 22.9 Å². The average molecular weight is 332 g/mol. The molecule has 22 heavy (non-hydrogen) atoms. The van der Waals surface area contributed by atoms with Crippen LogP contribution in [-0.4, -0.2) is 11.8 Å². The standard InChI is InChI=1S/C15H12N2O3S2/c1-8-4-5-10(20-8)14(19)17-15-12(13(16)18)9(7-22-15)11-3-2-6-21-11/h2-7H,1H3,(H2,16,18)(H,17,19). The smallest absolute Gasteiger partial charge is 0.291 e. The Morgan fingerprint density at radius 3 is 2.64 bits per heavy atom. The van der Waals surface area contributed by atoms with Crippen molar-refractivity contribution in [1.82, 2.24) is 0 Å². The summed E-state index contributed by atoms with van der Waals surface area (Å²) in [5.74, 6) is -0.143. The maximum absolute atomic E-state index is 12.2. The Morgan fingerprint density at radius 2 is 2.05 bits per heavy atom. The highest BCUT2D eigenvalue weighted by Gasteiger charge is 2.21. The summed E-state index contributed by atoms with van der Waals surface area (Å²) >= 11 is 2.77. The molecule has 0 saturated heterocycles. The number of nitrogens with one attached hydrogen (secondary N) is 1. The Hall–Kier alpha value is -2.38. The maximum atomic E-state index is 12.2. The van der Waals surface area contributed by atoms with E-state index in [0.717, 1.165) is 10.4 Å². The van der Waals surface area contributed by atoms with Crippen LogP contribution in [0.1, 0.15) is 26.7 Å². The van der Waals surface area contributed by atoms with Gasteiger partial charge in [-0.2, -0.15) is 0 Å². The van der Waals surface area contributed by atoms with Crippen molar-refractivity contribution in [2.24, 2.45) is 5.73 Å². The summed E-state index contributed by atoms with van der Waals surface area (Å²) in [6.45, 7) is 1.76. The number of hydrogen-bond donors (Lipinski definition) is 2. The molecular formula is C15H12N2O3S2. The molecule has 3 heterocycles. The van der Waals surface area contributed by atoms with Gasteiger partial charge in [-0.1, -0.05) is 6.07 Å². The van der Waals surface area contributed by atoms with Gasteiger partial charge >= 0.3 is 0 Å². The lowest BCUT2D eigenvalue weighted by molar-refractivity contribution is 0.0996. The van der Waals surface area contributed by atoms with Crippen LogP contribution in [0.4, 0.5) is 5.00 Å². The summed E-state index contributed by atoms with van der Waals surface area (Å²) in [6.07, 6.45) is 0. The number of aryl methyl sites for hydroxylation is 1. The van der Waals surface area contributed by atoms with Gasteiger partial charge in [0, 0.05) is 15.8 Å². The number of thiophene rings is 2. The largest absolute Gasteiger partial charge is 0.456 e. The summed E-state index contributed by atoms with van der Waals surface area (Å²) in [5.41, 5.74) is 6.54. The molecular weight excluding hydrogens is 320 g/mol. The van der Waals surface area contributed by atoms with Gasteiger partial charge in [0.15, 0.2) is 5.76 Å². The van der Waals surface area contributed by atoms with Crippen molar-refractivity contribution in [1.29, 1.82) is 0 Å². The second kappa shape index (κ2) is 5.78. The Bertz CT molecular complexity index is 831. The molecule has 0 aliphatic heterocycles. The van der Waals surface area contributed by atoms with Crippen LogP contribution in [0.2, 0.25) is 0 Å². The van der Waals surface area contributed by atoms with Crippen molar-refractivity contribution in [2.45, 2.75) is 6.92 Å². The molecule has 112 valence electrons. The van der Waals surface area contributed by atoms with Crippen LogP contribution >= 0.6 is 22.7 Å². The van der Waals surface area contributed by atoms with Gasteiger partial charge in [-0.3, -0.25) is 9.59 Å². The van der Waals surface area contributed by atoms with Crippen LogP contribution in [0.25, 0.3) is 10.4 Å².